The third-order valence-corrected chi connectivity index (χ3v) is 3.69. The minimum absolute atomic E-state index is 0.301. The van der Waals surface area contributed by atoms with Crippen LogP contribution in [0.1, 0.15) is 88.1 Å². The van der Waals surface area contributed by atoms with E-state index < -0.39 is 18.7 Å². The normalized spacial score (nSPS) is 20.5. The summed E-state index contributed by atoms with van der Waals surface area (Å²) in [7, 11) is 0. The molecule has 0 aromatic carbocycles. The molecule has 0 rings (SSSR count). The highest BCUT2D eigenvalue weighted by Crippen LogP contribution is 2.12. The largest absolute Gasteiger partial charge is 0.395 e. The third kappa shape index (κ3) is 14.3. The van der Waals surface area contributed by atoms with Gasteiger partial charge in [0, 0.05) is 0 Å². The van der Waals surface area contributed by atoms with E-state index in [4.69, 9.17) is 6.94 Å². The minimum Gasteiger partial charge on any atom is -0.395 e. The summed E-state index contributed by atoms with van der Waals surface area (Å²) in [5.74, 6) is 0. The quantitative estimate of drug-likeness (QED) is 0.299. The molecular weight excluding hydrogens is 262 g/mol. The molecule has 2 atom stereocenters. The molecule has 0 unspecified atom stereocenters. The van der Waals surface area contributed by atoms with Gasteiger partial charge in [-0.1, -0.05) is 83.3 Å². The Morgan fingerprint density at radius 2 is 1.57 bits per heavy atom. The first-order valence-corrected chi connectivity index (χ1v) is 8.53. The Balaban J connectivity index is 3.84. The highest BCUT2D eigenvalue weighted by atomic mass is 16.3. The fraction of sp³-hybridized carbons (Fsp3) is 0.889. The average molecular weight is 305 g/mol. The molecule has 4 N–H and O–H groups in total. The molecule has 0 aromatic heterocycles. The van der Waals surface area contributed by atoms with Crippen molar-refractivity contribution in [2.45, 2.75) is 96.1 Å². The molecule has 0 bridgehead atoms. The second kappa shape index (κ2) is 16.0. The van der Waals surface area contributed by atoms with Crippen molar-refractivity contribution < 1.29 is 17.1 Å². The van der Waals surface area contributed by atoms with Gasteiger partial charge in [-0.15, -0.1) is 0 Å². The van der Waals surface area contributed by atoms with E-state index in [0.29, 0.717) is 6.42 Å². The van der Waals surface area contributed by atoms with E-state index in [0.717, 1.165) is 12.8 Å². The molecule has 3 nitrogen and oxygen atoms in total. The molecular formula is C18H37NO2. The van der Waals surface area contributed by atoms with Crippen molar-refractivity contribution in [2.24, 2.45) is 5.72 Å². The highest BCUT2D eigenvalue weighted by molar-refractivity contribution is 4.93. The average Bonchev–Trinajstić information content (AvgIpc) is 2.56. The SMILES string of the molecule is [2H]N([2H])[C@]([2H])([C@H](O)/C=C/CCCCCCCCCCCCC)C([2H])([2H])O. The number of nitrogens with two attached hydrogens (primary N) is 1. The van der Waals surface area contributed by atoms with E-state index in [1.54, 1.807) is 6.08 Å². The molecule has 21 heavy (non-hydrogen) atoms. The molecule has 0 aliphatic carbocycles. The third-order valence-electron chi connectivity index (χ3n) is 3.69. The van der Waals surface area contributed by atoms with E-state index in [-0.39, 0.29) is 5.72 Å². The number of aliphatic hydroxyl groups is 2. The van der Waals surface area contributed by atoms with Gasteiger partial charge in [-0.25, -0.2) is 0 Å². The van der Waals surface area contributed by atoms with E-state index >= 15 is 0 Å². The Morgan fingerprint density at radius 3 is 2.05 bits per heavy atom. The van der Waals surface area contributed by atoms with Crippen molar-refractivity contribution in [3.05, 3.63) is 12.2 Å². The van der Waals surface area contributed by atoms with E-state index in [2.05, 4.69) is 6.92 Å². The molecule has 0 aliphatic heterocycles. The summed E-state index contributed by atoms with van der Waals surface area (Å²) in [6.07, 6.45) is 15.3. The van der Waals surface area contributed by atoms with Gasteiger partial charge >= 0.3 is 0 Å². The second-order valence-electron chi connectivity index (χ2n) is 5.69. The van der Waals surface area contributed by atoms with Gasteiger partial charge < -0.3 is 15.9 Å². The fourth-order valence-electron chi connectivity index (χ4n) is 2.31. The molecule has 0 spiro atoms. The van der Waals surface area contributed by atoms with Crippen LogP contribution in [-0.2, 0) is 0 Å². The van der Waals surface area contributed by atoms with Gasteiger partial charge in [0.2, 0.25) is 0 Å². The molecule has 126 valence electrons. The first-order chi connectivity index (χ1) is 12.2. The van der Waals surface area contributed by atoms with Crippen LogP contribution in [0.3, 0.4) is 0 Å². The van der Waals surface area contributed by atoms with Gasteiger partial charge in [0.15, 0.2) is 0 Å². The predicted octanol–water partition coefficient (Wildman–Crippen LogP) is 3.92. The summed E-state index contributed by atoms with van der Waals surface area (Å²) in [6.45, 7) is -0.972. The lowest BCUT2D eigenvalue weighted by Crippen LogP contribution is -2.36. The molecule has 3 heteroatoms. The molecule has 0 aliphatic rings. The van der Waals surface area contributed by atoms with Gasteiger partial charge in [-0.3, -0.25) is 0 Å². The molecule has 0 radical (unpaired) electrons. The Bertz CT molecular complexity index is 377. The van der Waals surface area contributed by atoms with Crippen LogP contribution >= 0.6 is 0 Å². The number of aliphatic hydroxyl groups excluding tert-OH is 1. The van der Waals surface area contributed by atoms with Gasteiger partial charge in [0.1, 0.15) is 2.82 Å². The molecule has 0 saturated heterocycles. The number of allylic oxidation sites excluding steroid dienone is 1. The first-order valence-electron chi connectivity index (χ1n) is 10.9. The molecule has 0 aromatic rings. The Labute approximate surface area is 138 Å². The van der Waals surface area contributed by atoms with E-state index in [9.17, 15) is 10.2 Å². The standard InChI is InChI=1S/C18H37NO2/c1-2-3-4-5-6-7-8-9-10-11-12-13-14-15-18(21)17(19)16-20/h14-15,17-18,20-21H,2-13,16,19H2,1H3/b15-14+/t17-,18+/m0/s1/i16D2,17D/hD2. The van der Waals surface area contributed by atoms with Crippen molar-refractivity contribution in [1.82, 2.24) is 0 Å². The lowest BCUT2D eigenvalue weighted by molar-refractivity contribution is 0.144. The topological polar surface area (TPSA) is 66.5 Å². The van der Waals surface area contributed by atoms with E-state index in [1.807, 2.05) is 0 Å². The Kier molecular flexibility index (Phi) is 9.98. The smallest absolute Gasteiger partial charge is 0.119 e. The van der Waals surface area contributed by atoms with Gasteiger partial charge in [0.05, 0.1) is 22.8 Å². The number of rotatable bonds is 16. The van der Waals surface area contributed by atoms with E-state index in [1.165, 1.54) is 63.9 Å². The van der Waals surface area contributed by atoms with Crippen LogP contribution in [0.2, 0.25) is 2.82 Å². The molecule has 0 amide bonds. The zero-order valence-electron chi connectivity index (χ0n) is 18.6. The van der Waals surface area contributed by atoms with Gasteiger partial charge in [-0.2, -0.15) is 0 Å². The lowest BCUT2D eigenvalue weighted by Gasteiger charge is -2.11. The maximum atomic E-state index is 9.90. The summed E-state index contributed by atoms with van der Waals surface area (Å²) in [5.41, 5.74) is -0.301. The van der Waals surface area contributed by atoms with Crippen molar-refractivity contribution in [3.8, 4) is 0 Å². The van der Waals surface area contributed by atoms with Crippen LogP contribution in [0.25, 0.3) is 0 Å². The summed E-state index contributed by atoms with van der Waals surface area (Å²) in [5, 5.41) is 19.2. The van der Waals surface area contributed by atoms with Crippen LogP contribution in [0, 0.1) is 0 Å². The van der Waals surface area contributed by atoms with Crippen LogP contribution in [-0.4, -0.2) is 28.9 Å². The summed E-state index contributed by atoms with van der Waals surface area (Å²) in [6, 6.07) is -2.79. The van der Waals surface area contributed by atoms with Crippen molar-refractivity contribution in [3.63, 3.8) is 0 Å². The van der Waals surface area contributed by atoms with Crippen LogP contribution < -0.4 is 5.72 Å². The van der Waals surface area contributed by atoms with Crippen LogP contribution in [0.5, 0.6) is 0 Å². The highest BCUT2D eigenvalue weighted by Gasteiger charge is 2.08. The fourth-order valence-corrected chi connectivity index (χ4v) is 2.31. The van der Waals surface area contributed by atoms with Crippen molar-refractivity contribution >= 4 is 0 Å². The van der Waals surface area contributed by atoms with Gasteiger partial charge in [-0.05, 0) is 12.8 Å². The maximum Gasteiger partial charge on any atom is 0.119 e. The molecule has 0 saturated carbocycles. The van der Waals surface area contributed by atoms with Crippen LogP contribution in [0.4, 0.5) is 0 Å². The minimum atomic E-state index is -3.20. The first kappa shape index (κ1) is 13.1. The summed E-state index contributed by atoms with van der Waals surface area (Å²) >= 11 is 0. The zero-order valence-corrected chi connectivity index (χ0v) is 13.6. The predicted molar refractivity (Wildman–Crippen MR) is 91.3 cm³/mol. The van der Waals surface area contributed by atoms with Gasteiger partial charge in [0.25, 0.3) is 0 Å². The maximum absolute atomic E-state index is 9.90. The Morgan fingerprint density at radius 1 is 1.05 bits per heavy atom. The monoisotopic (exact) mass is 304 g/mol. The summed E-state index contributed by atoms with van der Waals surface area (Å²) < 4.78 is 36.3. The lowest BCUT2D eigenvalue weighted by atomic mass is 10.0. The van der Waals surface area contributed by atoms with Crippen molar-refractivity contribution in [1.29, 1.82) is 0 Å². The number of hydrogen-bond acceptors (Lipinski definition) is 3. The van der Waals surface area contributed by atoms with Crippen LogP contribution in [0.15, 0.2) is 12.2 Å². The number of hydrogen-bond donors (Lipinski definition) is 3. The van der Waals surface area contributed by atoms with Crippen molar-refractivity contribution in [2.75, 3.05) is 6.56 Å². The zero-order chi connectivity index (χ0) is 20.1. The number of unbranched alkanes of at least 4 members (excludes halogenated alkanes) is 11. The molecule has 0 heterocycles. The Hall–Kier alpha value is -0.380. The summed E-state index contributed by atoms with van der Waals surface area (Å²) in [4.78, 5) is 0. The molecule has 0 fully saturated rings. The second-order valence-corrected chi connectivity index (χ2v) is 5.69.